The van der Waals surface area contributed by atoms with Crippen LogP contribution in [0.1, 0.15) is 66.2 Å². The van der Waals surface area contributed by atoms with Crippen molar-refractivity contribution in [3.05, 3.63) is 23.3 Å². The summed E-state index contributed by atoms with van der Waals surface area (Å²) in [5, 5.41) is 9.80. The van der Waals surface area contributed by atoms with Gasteiger partial charge in [-0.2, -0.15) is 0 Å². The quantitative estimate of drug-likeness (QED) is 0.451. The number of fused-ring (bicyclic) bond motifs is 1. The molecular formula is C20H30O3. The average Bonchev–Trinajstić information content (AvgIpc) is 2.47. The van der Waals surface area contributed by atoms with E-state index in [0.717, 1.165) is 50.4 Å². The van der Waals surface area contributed by atoms with Crippen LogP contribution in [0.4, 0.5) is 0 Å². The molecule has 1 saturated carbocycles. The van der Waals surface area contributed by atoms with E-state index in [2.05, 4.69) is 26.8 Å². The molecule has 0 heterocycles. The van der Waals surface area contributed by atoms with Crippen molar-refractivity contribution >= 4 is 12.3 Å². The van der Waals surface area contributed by atoms with Gasteiger partial charge in [-0.1, -0.05) is 31.1 Å². The summed E-state index contributed by atoms with van der Waals surface area (Å²) in [7, 11) is 0. The van der Waals surface area contributed by atoms with Crippen LogP contribution >= 0.6 is 0 Å². The normalized spacial score (nSPS) is 37.7. The van der Waals surface area contributed by atoms with Crippen molar-refractivity contribution in [3.63, 3.8) is 0 Å². The summed E-state index contributed by atoms with van der Waals surface area (Å²) in [6.07, 6.45) is 10.3. The topological polar surface area (TPSA) is 54.4 Å². The molecule has 0 amide bonds. The molecule has 0 aromatic rings. The third-order valence-electron chi connectivity index (χ3n) is 6.83. The Kier molecular flexibility index (Phi) is 5.17. The van der Waals surface area contributed by atoms with E-state index >= 15 is 0 Å². The van der Waals surface area contributed by atoms with Gasteiger partial charge < -0.3 is 5.11 Å². The van der Waals surface area contributed by atoms with Crippen LogP contribution in [-0.2, 0) is 9.59 Å². The summed E-state index contributed by atoms with van der Waals surface area (Å²) in [5.41, 5.74) is 2.39. The summed E-state index contributed by atoms with van der Waals surface area (Å²) in [5.74, 6) is -0.534. The molecule has 1 N–H and O–H groups in total. The first-order valence-electron chi connectivity index (χ1n) is 8.76. The summed E-state index contributed by atoms with van der Waals surface area (Å²) < 4.78 is 0. The third kappa shape index (κ3) is 3.15. The highest BCUT2D eigenvalue weighted by atomic mass is 16.4. The molecule has 0 aromatic carbocycles. The summed E-state index contributed by atoms with van der Waals surface area (Å²) >= 11 is 0. The van der Waals surface area contributed by atoms with Gasteiger partial charge in [-0.3, -0.25) is 9.59 Å². The van der Waals surface area contributed by atoms with Crippen LogP contribution in [0.2, 0.25) is 0 Å². The zero-order valence-corrected chi connectivity index (χ0v) is 14.9. The van der Waals surface area contributed by atoms with E-state index in [1.54, 1.807) is 6.08 Å². The molecule has 3 nitrogen and oxygen atoms in total. The van der Waals surface area contributed by atoms with Crippen molar-refractivity contribution in [2.75, 3.05) is 0 Å². The first-order valence-corrected chi connectivity index (χ1v) is 8.76. The lowest BCUT2D eigenvalue weighted by molar-refractivity contribution is -0.156. The van der Waals surface area contributed by atoms with Gasteiger partial charge in [-0.05, 0) is 75.2 Å². The predicted molar refractivity (Wildman–Crippen MR) is 92.1 cm³/mol. The molecule has 0 spiro atoms. The van der Waals surface area contributed by atoms with Gasteiger partial charge in [0.05, 0.1) is 5.92 Å². The molecule has 2 rings (SSSR count). The van der Waals surface area contributed by atoms with Gasteiger partial charge in [-0.15, -0.1) is 0 Å². The van der Waals surface area contributed by atoms with Crippen molar-refractivity contribution in [1.29, 1.82) is 0 Å². The zero-order valence-electron chi connectivity index (χ0n) is 14.9. The molecule has 0 aromatic heterocycles. The van der Waals surface area contributed by atoms with Gasteiger partial charge in [0, 0.05) is 0 Å². The average molecular weight is 318 g/mol. The number of hydrogen-bond donors (Lipinski definition) is 1. The largest absolute Gasteiger partial charge is 0.481 e. The first-order chi connectivity index (χ1) is 10.8. The van der Waals surface area contributed by atoms with Crippen LogP contribution in [-0.4, -0.2) is 17.4 Å². The van der Waals surface area contributed by atoms with E-state index in [1.165, 1.54) is 5.57 Å². The number of carboxylic acid groups (broad SMARTS) is 1. The Morgan fingerprint density at radius 2 is 2.09 bits per heavy atom. The monoisotopic (exact) mass is 318 g/mol. The fourth-order valence-corrected chi connectivity index (χ4v) is 5.16. The number of aldehydes is 1. The second-order valence-corrected chi connectivity index (χ2v) is 8.02. The number of allylic oxidation sites excluding steroid dienone is 4. The first kappa shape index (κ1) is 18.0. The highest BCUT2D eigenvalue weighted by molar-refractivity contribution is 5.71. The van der Waals surface area contributed by atoms with Gasteiger partial charge in [0.2, 0.25) is 0 Å². The van der Waals surface area contributed by atoms with Crippen molar-refractivity contribution in [3.8, 4) is 0 Å². The Morgan fingerprint density at radius 1 is 1.39 bits per heavy atom. The second-order valence-electron chi connectivity index (χ2n) is 8.02. The van der Waals surface area contributed by atoms with Gasteiger partial charge in [0.25, 0.3) is 0 Å². The van der Waals surface area contributed by atoms with Crippen molar-refractivity contribution < 1.29 is 14.7 Å². The van der Waals surface area contributed by atoms with Gasteiger partial charge in [0.15, 0.2) is 0 Å². The van der Waals surface area contributed by atoms with E-state index in [1.807, 2.05) is 6.92 Å². The van der Waals surface area contributed by atoms with E-state index in [9.17, 15) is 14.7 Å². The molecule has 128 valence electrons. The SMILES string of the molecule is CC1=CCC[C@H]2[C@](C)(CC/C(C)=C/C=O)[C@@H](C(=O)O)CC[C@]12C. The maximum absolute atomic E-state index is 11.9. The van der Waals surface area contributed by atoms with Crippen molar-refractivity contribution in [2.24, 2.45) is 22.7 Å². The number of aliphatic carboxylic acids is 1. The van der Waals surface area contributed by atoms with Crippen LogP contribution in [0.25, 0.3) is 0 Å². The van der Waals surface area contributed by atoms with Crippen LogP contribution < -0.4 is 0 Å². The third-order valence-corrected chi connectivity index (χ3v) is 6.83. The van der Waals surface area contributed by atoms with Gasteiger partial charge in [-0.25, -0.2) is 0 Å². The molecular weight excluding hydrogens is 288 g/mol. The minimum Gasteiger partial charge on any atom is -0.481 e. The molecule has 2 aliphatic rings. The predicted octanol–water partition coefficient (Wildman–Crippen LogP) is 4.78. The number of rotatable bonds is 5. The molecule has 0 saturated heterocycles. The Bertz CT molecular complexity index is 545. The van der Waals surface area contributed by atoms with E-state index in [4.69, 9.17) is 0 Å². The maximum Gasteiger partial charge on any atom is 0.307 e. The van der Waals surface area contributed by atoms with Crippen LogP contribution in [0.15, 0.2) is 23.3 Å². The second kappa shape index (κ2) is 6.62. The fourth-order valence-electron chi connectivity index (χ4n) is 5.16. The Hall–Kier alpha value is -1.38. The van der Waals surface area contributed by atoms with Gasteiger partial charge >= 0.3 is 5.97 Å². The molecule has 23 heavy (non-hydrogen) atoms. The molecule has 0 unspecified atom stereocenters. The summed E-state index contributed by atoms with van der Waals surface area (Å²) in [6.45, 7) is 8.68. The van der Waals surface area contributed by atoms with Crippen LogP contribution in [0, 0.1) is 22.7 Å². The molecule has 2 aliphatic carbocycles. The van der Waals surface area contributed by atoms with E-state index in [-0.39, 0.29) is 16.7 Å². The standard InChI is InChI=1S/C20H30O3/c1-14(10-13-21)8-11-20(4)16(18(22)23)9-12-19(3)15(2)6-5-7-17(19)20/h6,10,13,16-17H,5,7-9,11-12H2,1-4H3,(H,22,23)/b14-10+/t16-,17-,19-,20-/m1/s1. The lowest BCUT2D eigenvalue weighted by Gasteiger charge is -2.57. The number of hydrogen-bond acceptors (Lipinski definition) is 2. The maximum atomic E-state index is 11.9. The molecule has 0 bridgehead atoms. The van der Waals surface area contributed by atoms with Crippen molar-refractivity contribution in [2.45, 2.75) is 66.2 Å². The summed E-state index contributed by atoms with van der Waals surface area (Å²) in [4.78, 5) is 22.6. The van der Waals surface area contributed by atoms with E-state index < -0.39 is 5.97 Å². The van der Waals surface area contributed by atoms with Crippen LogP contribution in [0.5, 0.6) is 0 Å². The highest BCUT2D eigenvalue weighted by Crippen LogP contribution is 2.62. The highest BCUT2D eigenvalue weighted by Gasteiger charge is 2.56. The minimum atomic E-state index is -0.654. The Balaban J connectivity index is 2.35. The lowest BCUT2D eigenvalue weighted by Crippen LogP contribution is -2.52. The number of carbonyl (C=O) groups is 2. The van der Waals surface area contributed by atoms with Crippen LogP contribution in [0.3, 0.4) is 0 Å². The molecule has 0 aliphatic heterocycles. The molecule has 0 radical (unpaired) electrons. The number of carbonyl (C=O) groups excluding carboxylic acids is 1. The lowest BCUT2D eigenvalue weighted by atomic mass is 9.46. The Morgan fingerprint density at radius 3 is 2.70 bits per heavy atom. The smallest absolute Gasteiger partial charge is 0.307 e. The molecule has 4 atom stereocenters. The molecule has 1 fully saturated rings. The minimum absolute atomic E-state index is 0.126. The van der Waals surface area contributed by atoms with Crippen molar-refractivity contribution in [1.82, 2.24) is 0 Å². The Labute approximate surface area is 139 Å². The summed E-state index contributed by atoms with van der Waals surface area (Å²) in [6, 6.07) is 0. The number of carboxylic acids is 1. The van der Waals surface area contributed by atoms with Gasteiger partial charge in [0.1, 0.15) is 6.29 Å². The fraction of sp³-hybridized carbons (Fsp3) is 0.700. The zero-order chi connectivity index (χ0) is 17.3. The molecule has 3 heteroatoms. The van der Waals surface area contributed by atoms with E-state index in [0.29, 0.717) is 5.92 Å².